The Morgan fingerprint density at radius 2 is 1.87 bits per heavy atom. The van der Waals surface area contributed by atoms with Crippen LogP contribution in [0.4, 0.5) is 17.6 Å². The number of nitrogens with two attached hydrogens (primary N) is 1. The standard InChI is InChI=1S/C21H23N5O5/c1-13(2)31-16-9-7-14(8-10-16)19(28)26-20(22)24-21(25-26)23-15-5-4-6-17(11-15)30-12-18(27)29-3/h4-11,13H,12H2,1-3H3,(H3,22,23,24,25). The minimum atomic E-state index is -0.492. The van der Waals surface area contributed by atoms with Crippen molar-refractivity contribution in [3.8, 4) is 11.5 Å². The number of benzene rings is 2. The highest BCUT2D eigenvalue weighted by Gasteiger charge is 2.16. The Kier molecular flexibility index (Phi) is 6.71. The summed E-state index contributed by atoms with van der Waals surface area (Å²) in [6, 6.07) is 13.5. The molecule has 0 atom stereocenters. The van der Waals surface area contributed by atoms with Crippen molar-refractivity contribution in [3.05, 3.63) is 54.1 Å². The van der Waals surface area contributed by atoms with Gasteiger partial charge in [0.15, 0.2) is 6.61 Å². The van der Waals surface area contributed by atoms with E-state index in [1.165, 1.54) is 7.11 Å². The van der Waals surface area contributed by atoms with E-state index in [4.69, 9.17) is 15.2 Å². The van der Waals surface area contributed by atoms with Gasteiger partial charge in [-0.15, -0.1) is 5.10 Å². The number of anilines is 3. The van der Waals surface area contributed by atoms with Gasteiger partial charge in [0.1, 0.15) is 11.5 Å². The van der Waals surface area contributed by atoms with Crippen molar-refractivity contribution >= 4 is 29.5 Å². The van der Waals surface area contributed by atoms with Gasteiger partial charge in [-0.3, -0.25) is 4.79 Å². The van der Waals surface area contributed by atoms with E-state index in [0.717, 1.165) is 4.68 Å². The topological polar surface area (TPSA) is 131 Å². The highest BCUT2D eigenvalue weighted by molar-refractivity contribution is 5.97. The number of ether oxygens (including phenoxy) is 3. The largest absolute Gasteiger partial charge is 0.491 e. The maximum Gasteiger partial charge on any atom is 0.343 e. The van der Waals surface area contributed by atoms with Gasteiger partial charge in [0.2, 0.25) is 11.9 Å². The Morgan fingerprint density at radius 1 is 1.13 bits per heavy atom. The molecule has 3 N–H and O–H groups in total. The first-order chi connectivity index (χ1) is 14.9. The van der Waals surface area contributed by atoms with Crippen LogP contribution >= 0.6 is 0 Å². The van der Waals surface area contributed by atoms with Gasteiger partial charge >= 0.3 is 5.97 Å². The number of nitrogens with zero attached hydrogens (tertiary/aromatic N) is 3. The lowest BCUT2D eigenvalue weighted by Crippen LogP contribution is -2.16. The molecule has 1 heterocycles. The van der Waals surface area contributed by atoms with E-state index in [0.29, 0.717) is 22.7 Å². The lowest BCUT2D eigenvalue weighted by atomic mass is 10.2. The molecule has 0 aliphatic heterocycles. The van der Waals surface area contributed by atoms with Gasteiger partial charge in [-0.2, -0.15) is 9.67 Å². The lowest BCUT2D eigenvalue weighted by Gasteiger charge is -2.09. The zero-order valence-corrected chi connectivity index (χ0v) is 17.4. The fraction of sp³-hybridized carbons (Fsp3) is 0.238. The summed E-state index contributed by atoms with van der Waals surface area (Å²) in [4.78, 5) is 28.0. The van der Waals surface area contributed by atoms with Crippen molar-refractivity contribution in [2.75, 3.05) is 24.8 Å². The van der Waals surface area contributed by atoms with Gasteiger partial charge in [0, 0.05) is 17.3 Å². The maximum absolute atomic E-state index is 12.7. The van der Waals surface area contributed by atoms with Gasteiger partial charge in [-0.1, -0.05) is 6.07 Å². The number of hydrogen-bond donors (Lipinski definition) is 2. The van der Waals surface area contributed by atoms with Crippen molar-refractivity contribution in [2.24, 2.45) is 0 Å². The highest BCUT2D eigenvalue weighted by Crippen LogP contribution is 2.21. The summed E-state index contributed by atoms with van der Waals surface area (Å²) >= 11 is 0. The molecule has 1 aromatic heterocycles. The van der Waals surface area contributed by atoms with Gasteiger partial charge in [0.25, 0.3) is 5.91 Å². The normalized spacial score (nSPS) is 10.6. The Balaban J connectivity index is 1.71. The Hall–Kier alpha value is -4.08. The molecule has 0 bridgehead atoms. The Morgan fingerprint density at radius 3 is 2.55 bits per heavy atom. The quantitative estimate of drug-likeness (QED) is 0.523. The van der Waals surface area contributed by atoms with Gasteiger partial charge in [0.05, 0.1) is 13.2 Å². The first-order valence-electron chi connectivity index (χ1n) is 9.46. The number of nitrogens with one attached hydrogen (secondary N) is 1. The molecule has 0 aliphatic carbocycles. The maximum atomic E-state index is 12.7. The summed E-state index contributed by atoms with van der Waals surface area (Å²) in [7, 11) is 1.28. The molecule has 0 radical (unpaired) electrons. The number of nitrogen functional groups attached to an aromatic ring is 1. The molecule has 0 fully saturated rings. The molecule has 162 valence electrons. The van der Waals surface area contributed by atoms with Gasteiger partial charge < -0.3 is 25.3 Å². The summed E-state index contributed by atoms with van der Waals surface area (Å²) in [5, 5.41) is 7.10. The highest BCUT2D eigenvalue weighted by atomic mass is 16.6. The molecule has 0 aliphatic rings. The van der Waals surface area contributed by atoms with Crippen molar-refractivity contribution in [1.29, 1.82) is 0 Å². The molecule has 0 saturated carbocycles. The number of esters is 1. The monoisotopic (exact) mass is 425 g/mol. The second-order valence-electron chi connectivity index (χ2n) is 6.72. The average Bonchev–Trinajstić information content (AvgIpc) is 3.11. The predicted molar refractivity (Wildman–Crippen MR) is 114 cm³/mol. The fourth-order valence-corrected chi connectivity index (χ4v) is 2.59. The Labute approximate surface area is 178 Å². The molecule has 0 unspecified atom stereocenters. The summed E-state index contributed by atoms with van der Waals surface area (Å²) in [6.07, 6.45) is 0.0329. The van der Waals surface area contributed by atoms with E-state index in [1.807, 2.05) is 13.8 Å². The molecular formula is C21H23N5O5. The molecule has 3 rings (SSSR count). The summed E-state index contributed by atoms with van der Waals surface area (Å²) in [5.74, 6) is 0.263. The van der Waals surface area contributed by atoms with Crippen LogP contribution in [-0.2, 0) is 9.53 Å². The number of rotatable bonds is 8. The lowest BCUT2D eigenvalue weighted by molar-refractivity contribution is -0.142. The minimum Gasteiger partial charge on any atom is -0.491 e. The van der Waals surface area contributed by atoms with E-state index >= 15 is 0 Å². The molecule has 0 spiro atoms. The van der Waals surface area contributed by atoms with Crippen LogP contribution in [-0.4, -0.2) is 46.5 Å². The van der Waals surface area contributed by atoms with Crippen LogP contribution < -0.4 is 20.5 Å². The third-order valence-corrected chi connectivity index (χ3v) is 3.97. The van der Waals surface area contributed by atoms with Crippen LogP contribution in [0.2, 0.25) is 0 Å². The second-order valence-corrected chi connectivity index (χ2v) is 6.72. The molecule has 0 amide bonds. The van der Waals surface area contributed by atoms with Crippen LogP contribution in [0, 0.1) is 0 Å². The zero-order chi connectivity index (χ0) is 22.4. The molecule has 10 nitrogen and oxygen atoms in total. The van der Waals surface area contributed by atoms with Crippen LogP contribution in [0.5, 0.6) is 11.5 Å². The zero-order valence-electron chi connectivity index (χ0n) is 17.4. The fourth-order valence-electron chi connectivity index (χ4n) is 2.59. The third kappa shape index (κ3) is 5.72. The SMILES string of the molecule is COC(=O)COc1cccc(Nc2nc(N)n(C(=O)c3ccc(OC(C)C)cc3)n2)c1. The van der Waals surface area contributed by atoms with Gasteiger partial charge in [-0.05, 0) is 50.2 Å². The van der Waals surface area contributed by atoms with Crippen LogP contribution in [0.25, 0.3) is 0 Å². The first kappa shape index (κ1) is 21.6. The molecule has 0 saturated heterocycles. The smallest absolute Gasteiger partial charge is 0.343 e. The van der Waals surface area contributed by atoms with Crippen LogP contribution in [0.3, 0.4) is 0 Å². The third-order valence-electron chi connectivity index (χ3n) is 3.97. The summed E-state index contributed by atoms with van der Waals surface area (Å²) in [6.45, 7) is 3.63. The number of carbonyl (C=O) groups is 2. The minimum absolute atomic E-state index is 0.0329. The van der Waals surface area contributed by atoms with Crippen LogP contribution in [0.15, 0.2) is 48.5 Å². The van der Waals surface area contributed by atoms with Crippen molar-refractivity contribution in [2.45, 2.75) is 20.0 Å². The van der Waals surface area contributed by atoms with Crippen molar-refractivity contribution in [1.82, 2.24) is 14.8 Å². The van der Waals surface area contributed by atoms with E-state index in [-0.39, 0.29) is 24.6 Å². The number of methoxy groups -OCH3 is 1. The molecule has 3 aromatic rings. The molecule has 10 heteroatoms. The second kappa shape index (κ2) is 9.61. The molecule has 31 heavy (non-hydrogen) atoms. The predicted octanol–water partition coefficient (Wildman–Crippen LogP) is 2.63. The first-order valence-corrected chi connectivity index (χ1v) is 9.46. The van der Waals surface area contributed by atoms with E-state index in [9.17, 15) is 9.59 Å². The van der Waals surface area contributed by atoms with E-state index < -0.39 is 11.9 Å². The van der Waals surface area contributed by atoms with Crippen molar-refractivity contribution < 1.29 is 23.8 Å². The van der Waals surface area contributed by atoms with Gasteiger partial charge in [-0.25, -0.2) is 4.79 Å². The Bertz CT molecular complexity index is 1060. The number of hydrogen-bond acceptors (Lipinski definition) is 9. The summed E-state index contributed by atoms with van der Waals surface area (Å²) < 4.78 is 16.5. The number of carbonyl (C=O) groups excluding carboxylic acids is 2. The molecular weight excluding hydrogens is 402 g/mol. The average molecular weight is 425 g/mol. The molecule has 2 aromatic carbocycles. The van der Waals surface area contributed by atoms with Crippen molar-refractivity contribution in [3.63, 3.8) is 0 Å². The van der Waals surface area contributed by atoms with E-state index in [2.05, 4.69) is 20.1 Å². The van der Waals surface area contributed by atoms with Crippen LogP contribution in [0.1, 0.15) is 24.2 Å². The number of aromatic nitrogens is 3. The summed E-state index contributed by atoms with van der Waals surface area (Å²) in [5.41, 5.74) is 6.85. The van der Waals surface area contributed by atoms with E-state index in [1.54, 1.807) is 48.5 Å².